The zero-order valence-electron chi connectivity index (χ0n) is 19.2. The second-order valence-electron chi connectivity index (χ2n) is 8.64. The van der Waals surface area contributed by atoms with Gasteiger partial charge in [-0.15, -0.1) is 0 Å². The summed E-state index contributed by atoms with van der Waals surface area (Å²) < 4.78 is 34.8. The third-order valence-corrected chi connectivity index (χ3v) is 6.86. The van der Waals surface area contributed by atoms with Crippen LogP contribution in [0.4, 0.5) is 0 Å². The van der Waals surface area contributed by atoms with Crippen molar-refractivity contribution in [3.8, 4) is 34.5 Å². The maximum Gasteiger partial charge on any atom is 0.231 e. The lowest BCUT2D eigenvalue weighted by molar-refractivity contribution is -0.0403. The van der Waals surface area contributed by atoms with Gasteiger partial charge in [0, 0.05) is 36.6 Å². The van der Waals surface area contributed by atoms with Crippen LogP contribution in [-0.4, -0.2) is 52.3 Å². The maximum atomic E-state index is 6.62. The molecule has 0 bridgehead atoms. The average molecular weight is 442 g/mol. The Hall–Kier alpha value is -2.80. The number of hydrogen-bond donors (Lipinski definition) is 0. The van der Waals surface area contributed by atoms with Gasteiger partial charge in [-0.2, -0.15) is 0 Å². The van der Waals surface area contributed by atoms with Gasteiger partial charge < -0.3 is 28.4 Å². The van der Waals surface area contributed by atoms with Gasteiger partial charge in [0.15, 0.2) is 29.2 Å². The van der Waals surface area contributed by atoms with Crippen LogP contribution in [0.2, 0.25) is 0 Å². The Bertz CT molecular complexity index is 962. The number of rotatable bonds is 5. The molecular formula is C25H31NO6. The topological polar surface area (TPSA) is 58.6 Å². The molecule has 1 saturated heterocycles. The van der Waals surface area contributed by atoms with Crippen LogP contribution in [0.1, 0.15) is 43.2 Å². The van der Waals surface area contributed by atoms with Crippen LogP contribution in [0.25, 0.3) is 0 Å². The highest BCUT2D eigenvalue weighted by molar-refractivity contribution is 5.60. The summed E-state index contributed by atoms with van der Waals surface area (Å²) in [6.45, 7) is 4.60. The SMILES string of the molecule is COc1cc([C@H]2c3cc4c(cc3O[C@H](N3CCCCC3)[C@@H]2C)OCO4)cc(OC)c1OC. The lowest BCUT2D eigenvalue weighted by atomic mass is 9.77. The highest BCUT2D eigenvalue weighted by Crippen LogP contribution is 2.52. The van der Waals surface area contributed by atoms with Gasteiger partial charge in [0.05, 0.1) is 21.3 Å². The fourth-order valence-corrected chi connectivity index (χ4v) is 5.31. The molecular weight excluding hydrogens is 410 g/mol. The van der Waals surface area contributed by atoms with Crippen LogP contribution < -0.4 is 28.4 Å². The van der Waals surface area contributed by atoms with Crippen molar-refractivity contribution in [2.75, 3.05) is 41.2 Å². The average Bonchev–Trinajstić information content (AvgIpc) is 3.29. The highest BCUT2D eigenvalue weighted by Gasteiger charge is 2.41. The van der Waals surface area contributed by atoms with E-state index in [1.54, 1.807) is 21.3 Å². The second-order valence-corrected chi connectivity index (χ2v) is 8.64. The van der Waals surface area contributed by atoms with Gasteiger partial charge in [-0.25, -0.2) is 0 Å². The molecule has 2 aromatic carbocycles. The van der Waals surface area contributed by atoms with Gasteiger partial charge >= 0.3 is 0 Å². The Morgan fingerprint density at radius 1 is 0.812 bits per heavy atom. The van der Waals surface area contributed by atoms with Crippen LogP contribution in [0, 0.1) is 5.92 Å². The Labute approximate surface area is 189 Å². The molecule has 0 saturated carbocycles. The molecule has 32 heavy (non-hydrogen) atoms. The molecule has 7 heteroatoms. The van der Waals surface area contributed by atoms with Crippen LogP contribution >= 0.6 is 0 Å². The van der Waals surface area contributed by atoms with Crippen molar-refractivity contribution in [1.29, 1.82) is 0 Å². The Balaban J connectivity index is 1.64. The summed E-state index contributed by atoms with van der Waals surface area (Å²) in [5.74, 6) is 4.50. The summed E-state index contributed by atoms with van der Waals surface area (Å²) in [7, 11) is 4.92. The zero-order chi connectivity index (χ0) is 22.2. The van der Waals surface area contributed by atoms with Gasteiger partial charge in [-0.1, -0.05) is 13.3 Å². The highest BCUT2D eigenvalue weighted by atomic mass is 16.7. The van der Waals surface area contributed by atoms with Crippen molar-refractivity contribution in [2.24, 2.45) is 5.92 Å². The van der Waals surface area contributed by atoms with E-state index in [0.717, 1.165) is 41.5 Å². The third-order valence-electron chi connectivity index (χ3n) is 6.86. The van der Waals surface area contributed by atoms with Gasteiger partial charge in [-0.05, 0) is 36.6 Å². The first-order valence-electron chi connectivity index (χ1n) is 11.3. The number of piperidine rings is 1. The molecule has 3 aliphatic heterocycles. The number of hydrogen-bond acceptors (Lipinski definition) is 7. The molecule has 5 rings (SSSR count). The molecule has 3 heterocycles. The van der Waals surface area contributed by atoms with E-state index >= 15 is 0 Å². The minimum Gasteiger partial charge on any atom is -0.493 e. The number of nitrogens with zero attached hydrogens (tertiary/aromatic N) is 1. The third kappa shape index (κ3) is 3.48. The monoisotopic (exact) mass is 441 g/mol. The summed E-state index contributed by atoms with van der Waals surface area (Å²) in [6.07, 6.45) is 3.67. The standard InChI is InChI=1S/C25H31NO6/c1-15-23(16-10-21(27-2)24(29-4)22(11-16)28-3)17-12-19-20(31-14-30-19)13-18(17)32-25(15)26-8-6-5-7-9-26/h10-13,15,23,25H,5-9,14H2,1-4H3/t15-,23+,25+/m1/s1. The van der Waals surface area contributed by atoms with E-state index < -0.39 is 0 Å². The molecule has 1 fully saturated rings. The number of benzene rings is 2. The van der Waals surface area contributed by atoms with E-state index in [-0.39, 0.29) is 24.9 Å². The first-order valence-corrected chi connectivity index (χ1v) is 11.3. The lowest BCUT2D eigenvalue weighted by Gasteiger charge is -2.44. The van der Waals surface area contributed by atoms with Crippen molar-refractivity contribution in [2.45, 2.75) is 38.3 Å². The van der Waals surface area contributed by atoms with Gasteiger partial charge in [0.1, 0.15) is 5.75 Å². The van der Waals surface area contributed by atoms with Crippen molar-refractivity contribution in [3.05, 3.63) is 35.4 Å². The maximum absolute atomic E-state index is 6.62. The molecule has 7 nitrogen and oxygen atoms in total. The fourth-order valence-electron chi connectivity index (χ4n) is 5.31. The van der Waals surface area contributed by atoms with Gasteiger partial charge in [0.2, 0.25) is 12.5 Å². The quantitative estimate of drug-likeness (QED) is 0.681. The van der Waals surface area contributed by atoms with Crippen molar-refractivity contribution < 1.29 is 28.4 Å². The minimum atomic E-state index is -0.0211. The summed E-state index contributed by atoms with van der Waals surface area (Å²) in [5, 5.41) is 0. The molecule has 2 aromatic rings. The minimum absolute atomic E-state index is 0.0211. The summed E-state index contributed by atoms with van der Waals surface area (Å²) in [4.78, 5) is 2.48. The molecule has 0 radical (unpaired) electrons. The van der Waals surface area contributed by atoms with E-state index in [9.17, 15) is 0 Å². The number of ether oxygens (including phenoxy) is 6. The molecule has 3 aliphatic rings. The largest absolute Gasteiger partial charge is 0.493 e. The van der Waals surface area contributed by atoms with Crippen LogP contribution in [0.15, 0.2) is 24.3 Å². The second kappa shape index (κ2) is 8.62. The predicted molar refractivity (Wildman–Crippen MR) is 120 cm³/mol. The first-order chi connectivity index (χ1) is 15.6. The number of fused-ring (bicyclic) bond motifs is 2. The number of methoxy groups -OCH3 is 3. The predicted octanol–water partition coefficient (Wildman–Crippen LogP) is 4.41. The van der Waals surface area contributed by atoms with Gasteiger partial charge in [-0.3, -0.25) is 4.90 Å². The van der Waals surface area contributed by atoms with Crippen molar-refractivity contribution in [3.63, 3.8) is 0 Å². The van der Waals surface area contributed by atoms with E-state index in [4.69, 9.17) is 28.4 Å². The van der Waals surface area contributed by atoms with Crippen molar-refractivity contribution in [1.82, 2.24) is 4.90 Å². The Morgan fingerprint density at radius 2 is 1.47 bits per heavy atom. The Morgan fingerprint density at radius 3 is 2.09 bits per heavy atom. The fraction of sp³-hybridized carbons (Fsp3) is 0.520. The Kier molecular flexibility index (Phi) is 5.67. The normalized spacial score (nSPS) is 24.4. The van der Waals surface area contributed by atoms with Crippen LogP contribution in [-0.2, 0) is 0 Å². The molecule has 3 atom stereocenters. The zero-order valence-corrected chi connectivity index (χ0v) is 19.2. The van der Waals surface area contributed by atoms with Crippen LogP contribution in [0.3, 0.4) is 0 Å². The van der Waals surface area contributed by atoms with E-state index in [1.807, 2.05) is 6.07 Å². The van der Waals surface area contributed by atoms with Crippen LogP contribution in [0.5, 0.6) is 34.5 Å². The molecule has 0 N–H and O–H groups in total. The lowest BCUT2D eigenvalue weighted by Crippen LogP contribution is -2.50. The van der Waals surface area contributed by atoms with Gasteiger partial charge in [0.25, 0.3) is 0 Å². The van der Waals surface area contributed by atoms with E-state index in [2.05, 4.69) is 30.0 Å². The van der Waals surface area contributed by atoms with E-state index in [1.165, 1.54) is 19.3 Å². The smallest absolute Gasteiger partial charge is 0.231 e. The van der Waals surface area contributed by atoms with E-state index in [0.29, 0.717) is 17.2 Å². The molecule has 0 aliphatic carbocycles. The van der Waals surface area contributed by atoms with Crippen molar-refractivity contribution >= 4 is 0 Å². The number of likely N-dealkylation sites (tertiary alicyclic amines) is 1. The summed E-state index contributed by atoms with van der Waals surface area (Å²) in [6, 6.07) is 8.14. The molecule has 0 unspecified atom stereocenters. The molecule has 0 aromatic heterocycles. The summed E-state index contributed by atoms with van der Waals surface area (Å²) in [5.41, 5.74) is 2.18. The molecule has 172 valence electrons. The summed E-state index contributed by atoms with van der Waals surface area (Å²) >= 11 is 0. The molecule has 0 amide bonds. The first kappa shape index (κ1) is 21.1. The molecule has 0 spiro atoms.